The number of rotatable bonds is 7. The highest BCUT2D eigenvalue weighted by molar-refractivity contribution is 5.06. The van der Waals surface area contributed by atoms with E-state index >= 15 is 0 Å². The number of nitrogens with one attached hydrogen (secondary N) is 2. The average Bonchev–Trinajstić information content (AvgIpc) is 2.31. The third kappa shape index (κ3) is 4.26. The van der Waals surface area contributed by atoms with Crippen LogP contribution in [0.1, 0.15) is 24.8 Å². The molecule has 4 nitrogen and oxygen atoms in total. The molecule has 17 heavy (non-hydrogen) atoms. The van der Waals surface area contributed by atoms with Gasteiger partial charge in [0.1, 0.15) is 0 Å². The minimum atomic E-state index is -0.472. The van der Waals surface area contributed by atoms with Crippen molar-refractivity contribution in [2.45, 2.75) is 25.7 Å². The highest BCUT2D eigenvalue weighted by Crippen LogP contribution is 2.13. The molecular weight excluding hydrogens is 216 g/mol. The molecule has 0 saturated carbocycles. The van der Waals surface area contributed by atoms with Crippen LogP contribution in [-0.2, 0) is 6.42 Å². The van der Waals surface area contributed by atoms with Crippen molar-refractivity contribution in [3.05, 3.63) is 57.9 Å². The van der Waals surface area contributed by atoms with Crippen LogP contribution < -0.4 is 11.2 Å². The van der Waals surface area contributed by atoms with E-state index in [-0.39, 0.29) is 11.5 Å². The average molecular weight is 234 g/mol. The van der Waals surface area contributed by atoms with Crippen LogP contribution in [0.15, 0.2) is 41.1 Å². The van der Waals surface area contributed by atoms with Crippen molar-refractivity contribution < 1.29 is 0 Å². The van der Waals surface area contributed by atoms with Crippen molar-refractivity contribution in [1.29, 1.82) is 0 Å². The first-order valence-electron chi connectivity index (χ1n) is 5.71. The van der Waals surface area contributed by atoms with E-state index in [9.17, 15) is 9.59 Å². The molecular formula is C13H18N2O2. The van der Waals surface area contributed by atoms with Gasteiger partial charge in [-0.15, -0.1) is 13.2 Å². The molecule has 1 aromatic rings. The van der Waals surface area contributed by atoms with Crippen LogP contribution in [0.25, 0.3) is 0 Å². The van der Waals surface area contributed by atoms with E-state index in [1.165, 1.54) is 6.20 Å². The summed E-state index contributed by atoms with van der Waals surface area (Å²) in [5.41, 5.74) is -0.196. The number of unbranched alkanes of at least 4 members (excludes halogenated alkanes) is 1. The van der Waals surface area contributed by atoms with E-state index in [1.807, 2.05) is 12.2 Å². The van der Waals surface area contributed by atoms with Gasteiger partial charge in [0.15, 0.2) is 0 Å². The highest BCUT2D eigenvalue weighted by atomic mass is 16.2. The molecule has 1 heterocycles. The molecule has 0 amide bonds. The second kappa shape index (κ2) is 6.68. The van der Waals surface area contributed by atoms with E-state index in [4.69, 9.17) is 0 Å². The summed E-state index contributed by atoms with van der Waals surface area (Å²) >= 11 is 0. The number of hydrogen-bond acceptors (Lipinski definition) is 2. The monoisotopic (exact) mass is 234 g/mol. The van der Waals surface area contributed by atoms with Crippen molar-refractivity contribution in [2.75, 3.05) is 0 Å². The second-order valence-electron chi connectivity index (χ2n) is 4.02. The van der Waals surface area contributed by atoms with Gasteiger partial charge in [-0.1, -0.05) is 12.2 Å². The molecule has 0 spiro atoms. The summed E-state index contributed by atoms with van der Waals surface area (Å²) in [4.78, 5) is 27.1. The Hall–Kier alpha value is -1.84. The Morgan fingerprint density at radius 2 is 2.12 bits per heavy atom. The summed E-state index contributed by atoms with van der Waals surface area (Å²) in [5.74, 6) is 0.252. The molecule has 1 unspecified atom stereocenters. The Balaban J connectivity index is 2.67. The van der Waals surface area contributed by atoms with Crippen LogP contribution in [0.5, 0.6) is 0 Å². The Labute approximate surface area is 100 Å². The summed E-state index contributed by atoms with van der Waals surface area (Å²) in [6, 6.07) is 0. The van der Waals surface area contributed by atoms with Gasteiger partial charge in [-0.2, -0.15) is 0 Å². The van der Waals surface area contributed by atoms with Gasteiger partial charge in [0, 0.05) is 11.8 Å². The summed E-state index contributed by atoms with van der Waals surface area (Å²) in [7, 11) is 0. The summed E-state index contributed by atoms with van der Waals surface area (Å²) in [6.45, 7) is 7.44. The molecule has 0 aliphatic carbocycles. The van der Waals surface area contributed by atoms with Crippen LogP contribution in [0, 0.1) is 5.92 Å². The first kappa shape index (κ1) is 13.2. The normalized spacial score (nSPS) is 12.0. The number of H-pyrrole nitrogens is 2. The minimum absolute atomic E-state index is 0.252. The lowest BCUT2D eigenvalue weighted by molar-refractivity contribution is 0.559. The summed E-state index contributed by atoms with van der Waals surface area (Å²) in [6.07, 6.45) is 8.78. The third-order valence-corrected chi connectivity index (χ3v) is 2.69. The van der Waals surface area contributed by atoms with E-state index in [0.717, 1.165) is 19.3 Å². The first-order valence-corrected chi connectivity index (χ1v) is 5.71. The molecule has 2 N–H and O–H groups in total. The van der Waals surface area contributed by atoms with E-state index in [0.29, 0.717) is 12.0 Å². The quantitative estimate of drug-likeness (QED) is 0.557. The fourth-order valence-corrected chi connectivity index (χ4v) is 1.70. The fourth-order valence-electron chi connectivity index (χ4n) is 1.70. The predicted octanol–water partition coefficient (Wildman–Crippen LogP) is 1.76. The zero-order valence-electron chi connectivity index (χ0n) is 9.87. The minimum Gasteiger partial charge on any atom is -0.314 e. The Kier molecular flexibility index (Phi) is 5.20. The van der Waals surface area contributed by atoms with Gasteiger partial charge in [0.2, 0.25) is 0 Å². The number of allylic oxidation sites excluding steroid dienone is 2. The first-order chi connectivity index (χ1) is 8.17. The van der Waals surface area contributed by atoms with Crippen LogP contribution in [0.3, 0.4) is 0 Å². The molecule has 92 valence electrons. The zero-order chi connectivity index (χ0) is 12.7. The Morgan fingerprint density at radius 1 is 1.35 bits per heavy atom. The van der Waals surface area contributed by atoms with Gasteiger partial charge in [-0.3, -0.25) is 9.78 Å². The highest BCUT2D eigenvalue weighted by Gasteiger charge is 2.08. The fraction of sp³-hybridized carbons (Fsp3) is 0.385. The van der Waals surface area contributed by atoms with Gasteiger partial charge >= 0.3 is 5.69 Å². The predicted molar refractivity (Wildman–Crippen MR) is 69.1 cm³/mol. The van der Waals surface area contributed by atoms with Crippen molar-refractivity contribution in [3.63, 3.8) is 0 Å². The number of hydrogen-bond donors (Lipinski definition) is 2. The molecule has 0 aliphatic heterocycles. The maximum absolute atomic E-state index is 11.5. The van der Waals surface area contributed by atoms with Crippen LogP contribution in [0.4, 0.5) is 0 Å². The molecule has 1 atom stereocenters. The van der Waals surface area contributed by atoms with Crippen molar-refractivity contribution in [1.82, 2.24) is 9.97 Å². The van der Waals surface area contributed by atoms with E-state index < -0.39 is 5.69 Å². The van der Waals surface area contributed by atoms with Crippen LogP contribution >= 0.6 is 0 Å². The maximum Gasteiger partial charge on any atom is 0.325 e. The van der Waals surface area contributed by atoms with Gasteiger partial charge in [-0.25, -0.2) is 4.79 Å². The van der Waals surface area contributed by atoms with Crippen LogP contribution in [0.2, 0.25) is 0 Å². The molecule has 1 rings (SSSR count). The molecule has 4 heteroatoms. The molecule has 0 saturated heterocycles. The largest absolute Gasteiger partial charge is 0.325 e. The standard InChI is InChI=1S/C13H18N2O2/c1-3-5-6-7-10(4-2)8-11-9-14-13(17)15-12(11)16/h3-4,9-10H,1-2,5-8H2,(H2,14,15,16,17). The van der Waals surface area contributed by atoms with Gasteiger partial charge < -0.3 is 4.98 Å². The zero-order valence-corrected chi connectivity index (χ0v) is 9.87. The van der Waals surface area contributed by atoms with Gasteiger partial charge in [0.25, 0.3) is 5.56 Å². The Morgan fingerprint density at radius 3 is 2.71 bits per heavy atom. The molecule has 0 bridgehead atoms. The molecule has 0 radical (unpaired) electrons. The summed E-state index contributed by atoms with van der Waals surface area (Å²) in [5, 5.41) is 0. The Bertz CT molecular complexity index is 485. The number of aromatic amines is 2. The summed E-state index contributed by atoms with van der Waals surface area (Å²) < 4.78 is 0. The lowest BCUT2D eigenvalue weighted by Crippen LogP contribution is -2.25. The van der Waals surface area contributed by atoms with Crippen molar-refractivity contribution in [3.8, 4) is 0 Å². The molecule has 0 aliphatic rings. The second-order valence-corrected chi connectivity index (χ2v) is 4.02. The lowest BCUT2D eigenvalue weighted by Gasteiger charge is -2.10. The van der Waals surface area contributed by atoms with E-state index in [1.54, 1.807) is 0 Å². The van der Waals surface area contributed by atoms with Crippen molar-refractivity contribution >= 4 is 0 Å². The van der Waals surface area contributed by atoms with Crippen LogP contribution in [-0.4, -0.2) is 9.97 Å². The molecule has 1 aromatic heterocycles. The maximum atomic E-state index is 11.5. The van der Waals surface area contributed by atoms with Gasteiger partial charge in [0.05, 0.1) is 0 Å². The van der Waals surface area contributed by atoms with Crippen molar-refractivity contribution in [2.24, 2.45) is 5.92 Å². The van der Waals surface area contributed by atoms with Gasteiger partial charge in [-0.05, 0) is 31.6 Å². The topological polar surface area (TPSA) is 65.7 Å². The molecule has 0 fully saturated rings. The SMILES string of the molecule is C=CCCCC(C=C)Cc1c[nH]c(=O)[nH]c1=O. The molecule has 0 aromatic carbocycles. The lowest BCUT2D eigenvalue weighted by atomic mass is 9.95. The van der Waals surface area contributed by atoms with E-state index in [2.05, 4.69) is 23.1 Å². The number of aromatic nitrogens is 2. The smallest absolute Gasteiger partial charge is 0.314 e. The third-order valence-electron chi connectivity index (χ3n) is 2.69.